The number of rotatable bonds is 6. The number of thiophene rings is 1. The molecule has 0 bridgehead atoms. The van der Waals surface area contributed by atoms with E-state index in [1.807, 2.05) is 0 Å². The third-order valence-corrected chi connectivity index (χ3v) is 7.46. The van der Waals surface area contributed by atoms with Crippen molar-refractivity contribution < 1.29 is 17.6 Å². The summed E-state index contributed by atoms with van der Waals surface area (Å²) in [6.07, 6.45) is 0.272. The lowest BCUT2D eigenvalue weighted by molar-refractivity contribution is -0.116. The number of anilines is 1. The van der Waals surface area contributed by atoms with Gasteiger partial charge in [-0.05, 0) is 29.6 Å². The largest absolute Gasteiger partial charge is 0.326 e. The standard InChI is InChI=1S/C17H20FN3O3S2/c18-14-3-1-4-15(13-14)19-16(22)6-7-20-8-10-21(11-9-20)26(23,24)17-5-2-12-25-17/h1-5,12-13H,6-11H2,(H,19,22). The van der Waals surface area contributed by atoms with E-state index in [-0.39, 0.29) is 12.3 Å². The van der Waals surface area contributed by atoms with Crippen LogP contribution in [0.25, 0.3) is 0 Å². The van der Waals surface area contributed by atoms with Gasteiger partial charge in [0.05, 0.1) is 0 Å². The van der Waals surface area contributed by atoms with Crippen LogP contribution in [0, 0.1) is 5.82 Å². The average molecular weight is 397 g/mol. The molecular weight excluding hydrogens is 377 g/mol. The zero-order valence-electron chi connectivity index (χ0n) is 14.1. The summed E-state index contributed by atoms with van der Waals surface area (Å²) in [4.78, 5) is 14.0. The summed E-state index contributed by atoms with van der Waals surface area (Å²) in [7, 11) is -3.41. The molecule has 0 atom stereocenters. The average Bonchev–Trinajstić information content (AvgIpc) is 3.16. The van der Waals surface area contributed by atoms with Crippen LogP contribution in [0.2, 0.25) is 0 Å². The number of sulfonamides is 1. The molecular formula is C17H20FN3O3S2. The molecule has 0 unspecified atom stereocenters. The van der Waals surface area contributed by atoms with Crippen LogP contribution < -0.4 is 5.32 Å². The number of hydrogen-bond donors (Lipinski definition) is 1. The van der Waals surface area contributed by atoms with E-state index in [0.717, 1.165) is 0 Å². The molecule has 9 heteroatoms. The fourth-order valence-electron chi connectivity index (χ4n) is 2.78. The zero-order chi connectivity index (χ0) is 18.6. The van der Waals surface area contributed by atoms with Crippen LogP contribution in [0.3, 0.4) is 0 Å². The van der Waals surface area contributed by atoms with Crippen molar-refractivity contribution in [2.45, 2.75) is 10.6 Å². The minimum atomic E-state index is -3.41. The molecule has 3 rings (SSSR count). The van der Waals surface area contributed by atoms with Crippen molar-refractivity contribution in [2.75, 3.05) is 38.0 Å². The fourth-order valence-corrected chi connectivity index (χ4v) is 5.35. The highest BCUT2D eigenvalue weighted by Gasteiger charge is 2.29. The summed E-state index contributed by atoms with van der Waals surface area (Å²) in [6, 6.07) is 9.10. The Morgan fingerprint density at radius 2 is 1.92 bits per heavy atom. The molecule has 0 radical (unpaired) electrons. The smallest absolute Gasteiger partial charge is 0.252 e. The molecule has 0 aliphatic carbocycles. The van der Waals surface area contributed by atoms with E-state index >= 15 is 0 Å². The minimum absolute atomic E-state index is 0.191. The predicted octanol–water partition coefficient (Wildman–Crippen LogP) is 2.22. The van der Waals surface area contributed by atoms with E-state index in [9.17, 15) is 17.6 Å². The van der Waals surface area contributed by atoms with Gasteiger partial charge in [-0.25, -0.2) is 12.8 Å². The number of benzene rings is 1. The maximum atomic E-state index is 13.1. The molecule has 1 aromatic heterocycles. The SMILES string of the molecule is O=C(CCN1CCN(S(=O)(=O)c2cccs2)CC1)Nc1cccc(F)c1. The molecule has 26 heavy (non-hydrogen) atoms. The minimum Gasteiger partial charge on any atom is -0.326 e. The first-order chi connectivity index (χ1) is 12.4. The molecule has 1 amide bonds. The van der Waals surface area contributed by atoms with Gasteiger partial charge in [-0.15, -0.1) is 11.3 Å². The van der Waals surface area contributed by atoms with Crippen LogP contribution in [-0.2, 0) is 14.8 Å². The Balaban J connectivity index is 1.45. The Kier molecular flexibility index (Phi) is 6.02. The lowest BCUT2D eigenvalue weighted by atomic mass is 10.2. The zero-order valence-corrected chi connectivity index (χ0v) is 15.7. The quantitative estimate of drug-likeness (QED) is 0.812. The molecule has 0 saturated carbocycles. The first-order valence-electron chi connectivity index (χ1n) is 8.26. The summed E-state index contributed by atoms with van der Waals surface area (Å²) in [5.41, 5.74) is 0.432. The van der Waals surface area contributed by atoms with Gasteiger partial charge in [0.25, 0.3) is 10.0 Å². The normalized spacial score (nSPS) is 16.5. The van der Waals surface area contributed by atoms with Crippen molar-refractivity contribution in [1.29, 1.82) is 0 Å². The van der Waals surface area contributed by atoms with Crippen molar-refractivity contribution in [3.05, 3.63) is 47.6 Å². The van der Waals surface area contributed by atoms with Crippen LogP contribution in [0.15, 0.2) is 46.0 Å². The van der Waals surface area contributed by atoms with Gasteiger partial charge in [0, 0.05) is 44.8 Å². The highest BCUT2D eigenvalue weighted by Crippen LogP contribution is 2.22. The highest BCUT2D eigenvalue weighted by molar-refractivity contribution is 7.91. The summed E-state index contributed by atoms with van der Waals surface area (Å²) in [5, 5.41) is 4.41. The van der Waals surface area contributed by atoms with E-state index in [2.05, 4.69) is 10.2 Å². The van der Waals surface area contributed by atoms with Gasteiger partial charge < -0.3 is 10.2 Å². The van der Waals surface area contributed by atoms with Crippen LogP contribution in [0.5, 0.6) is 0 Å². The molecule has 1 fully saturated rings. The van der Waals surface area contributed by atoms with Crippen molar-refractivity contribution in [1.82, 2.24) is 9.21 Å². The van der Waals surface area contributed by atoms with Gasteiger partial charge in [0.1, 0.15) is 10.0 Å². The highest BCUT2D eigenvalue weighted by atomic mass is 32.2. The molecule has 140 valence electrons. The summed E-state index contributed by atoms with van der Waals surface area (Å²) in [6.45, 7) is 2.52. The van der Waals surface area contributed by atoms with Crippen molar-refractivity contribution in [3.8, 4) is 0 Å². The third-order valence-electron chi connectivity index (χ3n) is 4.18. The summed E-state index contributed by atoms with van der Waals surface area (Å²) >= 11 is 1.22. The van der Waals surface area contributed by atoms with Gasteiger partial charge in [0.15, 0.2) is 0 Å². The molecule has 1 aliphatic rings. The van der Waals surface area contributed by atoms with Crippen molar-refractivity contribution in [2.24, 2.45) is 0 Å². The maximum Gasteiger partial charge on any atom is 0.252 e. The van der Waals surface area contributed by atoms with Gasteiger partial charge in [0.2, 0.25) is 5.91 Å². The molecule has 2 aromatic rings. The number of carbonyl (C=O) groups excluding carboxylic acids is 1. The third kappa shape index (κ3) is 4.67. The number of carbonyl (C=O) groups is 1. The van der Waals surface area contributed by atoms with Crippen LogP contribution in [0.1, 0.15) is 6.42 Å². The van der Waals surface area contributed by atoms with E-state index in [1.54, 1.807) is 23.6 Å². The second-order valence-corrected chi connectivity index (χ2v) is 9.10. The summed E-state index contributed by atoms with van der Waals surface area (Å²) < 4.78 is 39.9. The number of piperazine rings is 1. The second kappa shape index (κ2) is 8.26. The molecule has 1 aliphatic heterocycles. The Bertz CT molecular complexity index is 848. The topological polar surface area (TPSA) is 69.7 Å². The number of amides is 1. The number of nitrogens with zero attached hydrogens (tertiary/aromatic N) is 2. The van der Waals surface area contributed by atoms with Crippen molar-refractivity contribution in [3.63, 3.8) is 0 Å². The van der Waals surface area contributed by atoms with E-state index < -0.39 is 15.8 Å². The second-order valence-electron chi connectivity index (χ2n) is 5.99. The van der Waals surface area contributed by atoms with E-state index in [4.69, 9.17) is 0 Å². The Hall–Kier alpha value is -1.81. The van der Waals surface area contributed by atoms with Crippen LogP contribution >= 0.6 is 11.3 Å². The maximum absolute atomic E-state index is 13.1. The van der Waals surface area contributed by atoms with Gasteiger partial charge in [-0.1, -0.05) is 12.1 Å². The molecule has 1 aromatic carbocycles. The lowest BCUT2D eigenvalue weighted by Gasteiger charge is -2.33. The number of halogens is 1. The van der Waals surface area contributed by atoms with Gasteiger partial charge in [-0.2, -0.15) is 4.31 Å². The van der Waals surface area contributed by atoms with Crippen LogP contribution in [-0.4, -0.2) is 56.3 Å². The number of hydrogen-bond acceptors (Lipinski definition) is 5. The Labute approximate surface area is 156 Å². The molecule has 1 N–H and O–H groups in total. The number of nitrogens with one attached hydrogen (secondary N) is 1. The monoisotopic (exact) mass is 397 g/mol. The van der Waals surface area contributed by atoms with E-state index in [0.29, 0.717) is 42.6 Å². The van der Waals surface area contributed by atoms with Crippen LogP contribution in [0.4, 0.5) is 10.1 Å². The molecule has 0 spiro atoms. The Morgan fingerprint density at radius 3 is 2.58 bits per heavy atom. The van der Waals surface area contributed by atoms with Gasteiger partial charge >= 0.3 is 0 Å². The van der Waals surface area contributed by atoms with Gasteiger partial charge in [-0.3, -0.25) is 4.79 Å². The Morgan fingerprint density at radius 1 is 1.15 bits per heavy atom. The molecule has 1 saturated heterocycles. The summed E-state index contributed by atoms with van der Waals surface area (Å²) in [5.74, 6) is -0.588. The predicted molar refractivity (Wildman–Crippen MR) is 99.2 cm³/mol. The fraction of sp³-hybridized carbons (Fsp3) is 0.353. The first kappa shape index (κ1) is 19.0. The lowest BCUT2D eigenvalue weighted by Crippen LogP contribution is -2.48. The van der Waals surface area contributed by atoms with E-state index in [1.165, 1.54) is 33.8 Å². The molecule has 6 nitrogen and oxygen atoms in total. The first-order valence-corrected chi connectivity index (χ1v) is 10.6. The molecule has 2 heterocycles. The van der Waals surface area contributed by atoms with Crippen molar-refractivity contribution >= 4 is 33.0 Å².